The van der Waals surface area contributed by atoms with E-state index in [9.17, 15) is 0 Å². The van der Waals surface area contributed by atoms with Gasteiger partial charge in [-0.1, -0.05) is 12.2 Å². The number of rotatable bonds is 0. The van der Waals surface area contributed by atoms with Crippen LogP contribution in [0.4, 0.5) is 0 Å². The van der Waals surface area contributed by atoms with Crippen LogP contribution in [0, 0.1) is 0 Å². The van der Waals surface area contributed by atoms with Gasteiger partial charge in [-0.25, -0.2) is 8.84 Å². The maximum absolute atomic E-state index is 5.82. The molecule has 0 aromatic carbocycles. The summed E-state index contributed by atoms with van der Waals surface area (Å²) in [4.78, 5) is 0.527. The minimum atomic E-state index is -0.463. The third kappa shape index (κ3) is 1.22. The highest BCUT2D eigenvalue weighted by atomic mass is 35.5. The van der Waals surface area contributed by atoms with Crippen molar-refractivity contribution in [1.82, 2.24) is 8.84 Å². The molecule has 0 atom stereocenters. The van der Waals surface area contributed by atoms with Crippen molar-refractivity contribution in [2.75, 3.05) is 0 Å². The molecule has 0 spiro atoms. The molecule has 0 aromatic heterocycles. The Balaban J connectivity index is 3.06. The Kier molecular flexibility index (Phi) is 2.31. The fourth-order valence-electron chi connectivity index (χ4n) is 0.727. The van der Waals surface area contributed by atoms with Gasteiger partial charge in [-0.2, -0.15) is 0 Å². The minimum absolute atomic E-state index is 0.336. The summed E-state index contributed by atoms with van der Waals surface area (Å²) in [5, 5.41) is 0.336. The molecule has 0 N–H and O–H groups in total. The maximum atomic E-state index is 5.82. The zero-order valence-electron chi connectivity index (χ0n) is 5.97. The SMILES string of the molecule is CC1(C)C(=S)N(Cl)C(=S)N1Cl. The number of hydrogen-bond donors (Lipinski definition) is 0. The number of nitrogens with zero attached hydrogens (tertiary/aromatic N) is 2. The van der Waals surface area contributed by atoms with Gasteiger partial charge in [0, 0.05) is 23.6 Å². The topological polar surface area (TPSA) is 6.48 Å². The van der Waals surface area contributed by atoms with Crippen LogP contribution in [0.3, 0.4) is 0 Å². The van der Waals surface area contributed by atoms with Gasteiger partial charge < -0.3 is 0 Å². The van der Waals surface area contributed by atoms with Crippen LogP contribution >= 0.6 is 48.0 Å². The van der Waals surface area contributed by atoms with Crippen LogP contribution in [0.5, 0.6) is 0 Å². The van der Waals surface area contributed by atoms with Gasteiger partial charge in [0.25, 0.3) is 0 Å². The van der Waals surface area contributed by atoms with E-state index in [0.717, 1.165) is 0 Å². The zero-order valence-corrected chi connectivity index (χ0v) is 9.11. The highest BCUT2D eigenvalue weighted by Crippen LogP contribution is 2.31. The summed E-state index contributed by atoms with van der Waals surface area (Å²) in [5.74, 6) is 0. The Hall–Kier alpha value is 0.360. The molecule has 11 heavy (non-hydrogen) atoms. The van der Waals surface area contributed by atoms with Gasteiger partial charge in [0.2, 0.25) is 5.11 Å². The Morgan fingerprint density at radius 1 is 1.27 bits per heavy atom. The third-order valence-electron chi connectivity index (χ3n) is 1.53. The van der Waals surface area contributed by atoms with Crippen molar-refractivity contribution in [2.45, 2.75) is 19.4 Å². The van der Waals surface area contributed by atoms with Gasteiger partial charge >= 0.3 is 0 Å². The van der Waals surface area contributed by atoms with Crippen molar-refractivity contribution in [3.8, 4) is 0 Å². The average Bonchev–Trinajstić information content (AvgIpc) is 2.06. The molecule has 1 rings (SSSR count). The predicted octanol–water partition coefficient (Wildman–Crippen LogP) is 2.30. The molecule has 1 fully saturated rings. The van der Waals surface area contributed by atoms with Gasteiger partial charge in [0.15, 0.2) is 0 Å². The third-order valence-corrected chi connectivity index (χ3v) is 3.79. The second-order valence-electron chi connectivity index (χ2n) is 2.71. The molecule has 0 aromatic rings. The first-order chi connectivity index (χ1) is 4.89. The molecule has 0 aliphatic carbocycles. The summed E-state index contributed by atoms with van der Waals surface area (Å²) in [6.45, 7) is 3.72. The van der Waals surface area contributed by atoms with E-state index in [1.165, 1.54) is 8.84 Å². The lowest BCUT2D eigenvalue weighted by Gasteiger charge is -2.22. The van der Waals surface area contributed by atoms with Crippen LogP contribution in [0.2, 0.25) is 0 Å². The number of hydrogen-bond acceptors (Lipinski definition) is 2. The molecule has 1 heterocycles. The first-order valence-electron chi connectivity index (χ1n) is 2.89. The van der Waals surface area contributed by atoms with E-state index >= 15 is 0 Å². The van der Waals surface area contributed by atoms with E-state index in [0.29, 0.717) is 10.1 Å². The van der Waals surface area contributed by atoms with Crippen LogP contribution in [0.15, 0.2) is 0 Å². The molecule has 0 unspecified atom stereocenters. The number of halogens is 2. The summed E-state index contributed by atoms with van der Waals surface area (Å²) in [6.07, 6.45) is 0. The summed E-state index contributed by atoms with van der Waals surface area (Å²) in [5.41, 5.74) is -0.463. The Labute approximate surface area is 86.3 Å². The molecule has 0 saturated carbocycles. The molecule has 0 radical (unpaired) electrons. The Morgan fingerprint density at radius 3 is 1.82 bits per heavy atom. The van der Waals surface area contributed by atoms with E-state index in [-0.39, 0.29) is 0 Å². The average molecular weight is 229 g/mol. The maximum Gasteiger partial charge on any atom is 0.207 e. The molecule has 0 amide bonds. The van der Waals surface area contributed by atoms with Crippen molar-refractivity contribution in [3.05, 3.63) is 0 Å². The lowest BCUT2D eigenvalue weighted by Crippen LogP contribution is -2.37. The quantitative estimate of drug-likeness (QED) is 0.464. The molecular formula is C5H6Cl2N2S2. The van der Waals surface area contributed by atoms with Crippen LogP contribution in [-0.4, -0.2) is 24.5 Å². The smallest absolute Gasteiger partial charge is 0.207 e. The fourth-order valence-corrected chi connectivity index (χ4v) is 1.81. The molecule has 1 aliphatic heterocycles. The van der Waals surface area contributed by atoms with Crippen molar-refractivity contribution in [3.63, 3.8) is 0 Å². The van der Waals surface area contributed by atoms with E-state index in [1.54, 1.807) is 0 Å². The minimum Gasteiger partial charge on any atom is -0.247 e. The normalized spacial score (nSPS) is 23.3. The fraction of sp³-hybridized carbons (Fsp3) is 0.600. The molecule has 62 valence electrons. The lowest BCUT2D eigenvalue weighted by atomic mass is 10.1. The molecular weight excluding hydrogens is 223 g/mol. The summed E-state index contributed by atoms with van der Waals surface area (Å²) >= 11 is 21.4. The summed E-state index contributed by atoms with van der Waals surface area (Å²) in [6, 6.07) is 0. The predicted molar refractivity (Wildman–Crippen MR) is 54.7 cm³/mol. The Morgan fingerprint density at radius 2 is 1.73 bits per heavy atom. The largest absolute Gasteiger partial charge is 0.247 e. The number of thiocarbonyl (C=S) groups is 2. The molecule has 0 bridgehead atoms. The second-order valence-corrected chi connectivity index (χ2v) is 4.14. The van der Waals surface area contributed by atoms with E-state index in [1.807, 2.05) is 13.8 Å². The van der Waals surface area contributed by atoms with Gasteiger partial charge in [-0.3, -0.25) is 0 Å². The highest BCUT2D eigenvalue weighted by molar-refractivity contribution is 7.82. The zero-order chi connectivity index (χ0) is 8.81. The van der Waals surface area contributed by atoms with Gasteiger partial charge in [-0.05, 0) is 26.1 Å². The monoisotopic (exact) mass is 228 g/mol. The molecule has 6 heteroatoms. The van der Waals surface area contributed by atoms with Gasteiger partial charge in [-0.15, -0.1) is 0 Å². The summed E-state index contributed by atoms with van der Waals surface area (Å²) in [7, 11) is 0. The second kappa shape index (κ2) is 2.69. The standard InChI is InChI=1S/C5H6Cl2N2S2/c1-5(2)3(10)8(6)4(11)9(5)7/h1-2H3. The van der Waals surface area contributed by atoms with Crippen LogP contribution < -0.4 is 0 Å². The van der Waals surface area contributed by atoms with E-state index < -0.39 is 5.54 Å². The molecule has 1 aliphatic rings. The van der Waals surface area contributed by atoms with E-state index in [4.69, 9.17) is 48.0 Å². The van der Waals surface area contributed by atoms with Crippen molar-refractivity contribution in [1.29, 1.82) is 0 Å². The Bertz CT molecular complexity index is 229. The lowest BCUT2D eigenvalue weighted by molar-refractivity contribution is 0.475. The van der Waals surface area contributed by atoms with Gasteiger partial charge in [0.05, 0.1) is 0 Å². The van der Waals surface area contributed by atoms with E-state index in [2.05, 4.69) is 0 Å². The summed E-state index contributed by atoms with van der Waals surface area (Å²) < 4.78 is 2.58. The van der Waals surface area contributed by atoms with Crippen LogP contribution in [-0.2, 0) is 0 Å². The van der Waals surface area contributed by atoms with Crippen molar-refractivity contribution >= 4 is 58.1 Å². The van der Waals surface area contributed by atoms with Crippen LogP contribution in [0.25, 0.3) is 0 Å². The molecule has 2 nitrogen and oxygen atoms in total. The first-order valence-corrected chi connectivity index (χ1v) is 4.38. The van der Waals surface area contributed by atoms with Crippen molar-refractivity contribution in [2.24, 2.45) is 0 Å². The van der Waals surface area contributed by atoms with Crippen LogP contribution in [0.1, 0.15) is 13.8 Å². The van der Waals surface area contributed by atoms with Gasteiger partial charge in [0.1, 0.15) is 10.5 Å². The highest BCUT2D eigenvalue weighted by Gasteiger charge is 2.45. The molecule has 1 saturated heterocycles. The first kappa shape index (κ1) is 9.45. The van der Waals surface area contributed by atoms with Crippen molar-refractivity contribution < 1.29 is 0 Å².